The highest BCUT2D eigenvalue weighted by molar-refractivity contribution is 5.79. The maximum absolute atomic E-state index is 12.7. The summed E-state index contributed by atoms with van der Waals surface area (Å²) in [6.07, 6.45) is 0.330. The highest BCUT2D eigenvalue weighted by atomic mass is 16.2. The first-order valence-electron chi connectivity index (χ1n) is 8.36. The number of para-hydroxylation sites is 1. The summed E-state index contributed by atoms with van der Waals surface area (Å²) >= 11 is 0. The Balaban J connectivity index is 1.84. The Kier molecular flexibility index (Phi) is 4.93. The number of hydrogen-bond acceptors (Lipinski definition) is 3. The number of aromatic nitrogens is 2. The molecular formula is C20H21N3O2. The van der Waals surface area contributed by atoms with E-state index in [1.54, 1.807) is 17.0 Å². The third kappa shape index (κ3) is 3.94. The minimum Gasteiger partial charge on any atom is -0.333 e. The van der Waals surface area contributed by atoms with Gasteiger partial charge < -0.3 is 9.88 Å². The Morgan fingerprint density at radius 1 is 1.08 bits per heavy atom. The van der Waals surface area contributed by atoms with Crippen LogP contribution in [0.15, 0.2) is 59.4 Å². The van der Waals surface area contributed by atoms with Crippen LogP contribution in [0.25, 0.3) is 10.9 Å². The van der Waals surface area contributed by atoms with Gasteiger partial charge in [-0.2, -0.15) is 0 Å². The molecule has 0 saturated heterocycles. The van der Waals surface area contributed by atoms with Gasteiger partial charge in [0.2, 0.25) is 5.91 Å². The molecule has 0 unspecified atom stereocenters. The molecule has 0 aliphatic rings. The fraction of sp³-hybridized carbons (Fsp3) is 0.250. The number of aromatic amines is 1. The summed E-state index contributed by atoms with van der Waals surface area (Å²) in [6.45, 7) is 4.20. The van der Waals surface area contributed by atoms with Crippen LogP contribution >= 0.6 is 0 Å². The molecule has 25 heavy (non-hydrogen) atoms. The van der Waals surface area contributed by atoms with E-state index in [2.05, 4.69) is 9.97 Å². The molecule has 0 atom stereocenters. The lowest BCUT2D eigenvalue weighted by molar-refractivity contribution is -0.132. The third-order valence-electron chi connectivity index (χ3n) is 4.12. The van der Waals surface area contributed by atoms with Gasteiger partial charge in [0.05, 0.1) is 23.9 Å². The topological polar surface area (TPSA) is 66.1 Å². The molecule has 0 spiro atoms. The largest absolute Gasteiger partial charge is 0.333 e. The maximum atomic E-state index is 12.7. The Morgan fingerprint density at radius 3 is 2.48 bits per heavy atom. The first-order valence-corrected chi connectivity index (χ1v) is 8.36. The molecule has 0 saturated carbocycles. The first-order chi connectivity index (χ1) is 12.0. The van der Waals surface area contributed by atoms with Gasteiger partial charge >= 0.3 is 0 Å². The van der Waals surface area contributed by atoms with Crippen LogP contribution < -0.4 is 5.56 Å². The van der Waals surface area contributed by atoms with Crippen molar-refractivity contribution < 1.29 is 4.79 Å². The van der Waals surface area contributed by atoms with Crippen LogP contribution in [-0.4, -0.2) is 26.8 Å². The molecule has 1 N–H and O–H groups in total. The van der Waals surface area contributed by atoms with Gasteiger partial charge in [-0.1, -0.05) is 42.5 Å². The van der Waals surface area contributed by atoms with Crippen LogP contribution in [0.1, 0.15) is 25.2 Å². The summed E-state index contributed by atoms with van der Waals surface area (Å²) in [7, 11) is 0. The second-order valence-corrected chi connectivity index (χ2v) is 6.31. The standard InChI is InChI=1S/C20H21N3O2/c1-14(2)23(19(24)12-15-8-4-3-5-9-15)13-18-21-17-11-7-6-10-16(17)20(25)22-18/h3-11,14H,12-13H2,1-2H3,(H,21,22,25). The van der Waals surface area contributed by atoms with E-state index in [4.69, 9.17) is 0 Å². The van der Waals surface area contributed by atoms with Gasteiger partial charge in [0.15, 0.2) is 0 Å². The van der Waals surface area contributed by atoms with Crippen LogP contribution in [0.3, 0.4) is 0 Å². The Bertz CT molecular complexity index is 932. The van der Waals surface area contributed by atoms with Crippen LogP contribution in [0.5, 0.6) is 0 Å². The van der Waals surface area contributed by atoms with E-state index in [1.807, 2.05) is 56.3 Å². The molecule has 3 aromatic rings. The summed E-state index contributed by atoms with van der Waals surface area (Å²) < 4.78 is 0. The molecule has 0 aliphatic heterocycles. The summed E-state index contributed by atoms with van der Waals surface area (Å²) in [6, 6.07) is 16.9. The number of carbonyl (C=O) groups is 1. The number of fused-ring (bicyclic) bond motifs is 1. The van der Waals surface area contributed by atoms with Crippen molar-refractivity contribution in [3.8, 4) is 0 Å². The minimum atomic E-state index is -0.181. The lowest BCUT2D eigenvalue weighted by Gasteiger charge is -2.26. The summed E-state index contributed by atoms with van der Waals surface area (Å²) in [5, 5.41) is 0.554. The second kappa shape index (κ2) is 7.30. The number of nitrogens with zero attached hydrogens (tertiary/aromatic N) is 2. The molecular weight excluding hydrogens is 314 g/mol. The molecule has 0 radical (unpaired) electrons. The number of carbonyl (C=O) groups excluding carboxylic acids is 1. The fourth-order valence-electron chi connectivity index (χ4n) is 2.80. The van der Waals surface area contributed by atoms with Gasteiger partial charge in [0.25, 0.3) is 5.56 Å². The van der Waals surface area contributed by atoms with E-state index < -0.39 is 0 Å². The van der Waals surface area contributed by atoms with Crippen molar-refractivity contribution in [2.75, 3.05) is 0 Å². The van der Waals surface area contributed by atoms with E-state index >= 15 is 0 Å². The normalized spacial score (nSPS) is 11.0. The van der Waals surface area contributed by atoms with Gasteiger partial charge in [-0.05, 0) is 31.5 Å². The van der Waals surface area contributed by atoms with Crippen molar-refractivity contribution >= 4 is 16.8 Å². The van der Waals surface area contributed by atoms with Crippen LogP contribution in [0, 0.1) is 0 Å². The van der Waals surface area contributed by atoms with Crippen molar-refractivity contribution in [1.82, 2.24) is 14.9 Å². The molecule has 1 amide bonds. The highest BCUT2D eigenvalue weighted by Gasteiger charge is 2.19. The maximum Gasteiger partial charge on any atom is 0.258 e. The van der Waals surface area contributed by atoms with Crippen LogP contribution in [0.2, 0.25) is 0 Å². The molecule has 1 aromatic heterocycles. The Morgan fingerprint density at radius 2 is 1.76 bits per heavy atom. The SMILES string of the molecule is CC(C)N(Cc1nc2ccccc2c(=O)[nH]1)C(=O)Cc1ccccc1. The van der Waals surface area contributed by atoms with E-state index in [1.165, 1.54) is 0 Å². The van der Waals surface area contributed by atoms with E-state index in [9.17, 15) is 9.59 Å². The van der Waals surface area contributed by atoms with Gasteiger partial charge in [-0.3, -0.25) is 9.59 Å². The van der Waals surface area contributed by atoms with E-state index in [0.29, 0.717) is 23.1 Å². The number of H-pyrrole nitrogens is 1. The number of nitrogens with one attached hydrogen (secondary N) is 1. The molecule has 3 rings (SSSR count). The van der Waals surface area contributed by atoms with Crippen LogP contribution in [-0.2, 0) is 17.8 Å². The van der Waals surface area contributed by atoms with Crippen LogP contribution in [0.4, 0.5) is 0 Å². The molecule has 128 valence electrons. The number of rotatable bonds is 5. The molecule has 5 nitrogen and oxygen atoms in total. The average molecular weight is 335 g/mol. The summed E-state index contributed by atoms with van der Waals surface area (Å²) in [5.41, 5.74) is 1.43. The van der Waals surface area contributed by atoms with E-state index in [0.717, 1.165) is 5.56 Å². The molecule has 1 heterocycles. The smallest absolute Gasteiger partial charge is 0.258 e. The quantitative estimate of drug-likeness (QED) is 0.779. The zero-order chi connectivity index (χ0) is 17.8. The molecule has 0 bridgehead atoms. The second-order valence-electron chi connectivity index (χ2n) is 6.31. The average Bonchev–Trinajstić information content (AvgIpc) is 2.60. The van der Waals surface area contributed by atoms with Crippen molar-refractivity contribution in [1.29, 1.82) is 0 Å². The molecule has 5 heteroatoms. The van der Waals surface area contributed by atoms with Gasteiger partial charge in [-0.15, -0.1) is 0 Å². The predicted molar refractivity (Wildman–Crippen MR) is 98.2 cm³/mol. The zero-order valence-corrected chi connectivity index (χ0v) is 14.4. The monoisotopic (exact) mass is 335 g/mol. The number of benzene rings is 2. The first kappa shape index (κ1) is 16.9. The van der Waals surface area contributed by atoms with Gasteiger partial charge in [0, 0.05) is 6.04 Å². The Labute approximate surface area is 146 Å². The summed E-state index contributed by atoms with van der Waals surface area (Å²) in [5.74, 6) is 0.510. The number of amides is 1. The molecule has 0 aliphatic carbocycles. The van der Waals surface area contributed by atoms with Gasteiger partial charge in [0.1, 0.15) is 5.82 Å². The van der Waals surface area contributed by atoms with Gasteiger partial charge in [-0.25, -0.2) is 4.98 Å². The van der Waals surface area contributed by atoms with Crippen molar-refractivity contribution in [3.63, 3.8) is 0 Å². The van der Waals surface area contributed by atoms with E-state index in [-0.39, 0.29) is 24.1 Å². The van der Waals surface area contributed by atoms with Crippen molar-refractivity contribution in [2.45, 2.75) is 32.9 Å². The predicted octanol–water partition coefficient (Wildman–Crippen LogP) is 2.90. The van der Waals surface area contributed by atoms with Crippen molar-refractivity contribution in [3.05, 3.63) is 76.3 Å². The minimum absolute atomic E-state index is 0.00739. The fourth-order valence-corrected chi connectivity index (χ4v) is 2.80. The lowest BCUT2D eigenvalue weighted by atomic mass is 10.1. The zero-order valence-electron chi connectivity index (χ0n) is 14.4. The highest BCUT2D eigenvalue weighted by Crippen LogP contribution is 2.11. The van der Waals surface area contributed by atoms with Crippen molar-refractivity contribution in [2.24, 2.45) is 0 Å². The Hall–Kier alpha value is -2.95. The lowest BCUT2D eigenvalue weighted by Crippen LogP contribution is -2.38. The molecule has 0 fully saturated rings. The third-order valence-corrected chi connectivity index (χ3v) is 4.12. The summed E-state index contributed by atoms with van der Waals surface area (Å²) in [4.78, 5) is 34.0. The molecule has 2 aromatic carbocycles. The number of hydrogen-bond donors (Lipinski definition) is 1.